The van der Waals surface area contributed by atoms with Crippen molar-refractivity contribution in [3.8, 4) is 5.75 Å². The lowest BCUT2D eigenvalue weighted by molar-refractivity contribution is 0.0921. The van der Waals surface area contributed by atoms with Crippen molar-refractivity contribution >= 4 is 11.6 Å². The minimum atomic E-state index is -0.0718. The molecule has 0 fully saturated rings. The van der Waals surface area contributed by atoms with Crippen LogP contribution >= 0.6 is 0 Å². The van der Waals surface area contributed by atoms with Crippen molar-refractivity contribution in [2.45, 2.75) is 12.8 Å². The molecule has 100 valence electrons. The number of aryl methyl sites for hydroxylation is 1. The maximum atomic E-state index is 11.9. The molecule has 3 rings (SSSR count). The lowest BCUT2D eigenvalue weighted by atomic mass is 10.1. The molecule has 0 bridgehead atoms. The predicted octanol–water partition coefficient (Wildman–Crippen LogP) is 3.08. The van der Waals surface area contributed by atoms with E-state index in [2.05, 4.69) is 0 Å². The van der Waals surface area contributed by atoms with Gasteiger partial charge in [0.05, 0.1) is 0 Å². The van der Waals surface area contributed by atoms with Crippen molar-refractivity contribution in [2.24, 2.45) is 0 Å². The first-order valence-corrected chi connectivity index (χ1v) is 6.61. The van der Waals surface area contributed by atoms with Gasteiger partial charge in [0.15, 0.2) is 18.2 Å². The van der Waals surface area contributed by atoms with Gasteiger partial charge >= 0.3 is 0 Å². The number of benzene rings is 2. The third-order valence-corrected chi connectivity index (χ3v) is 3.47. The highest BCUT2D eigenvalue weighted by molar-refractivity contribution is 6.01. The maximum absolute atomic E-state index is 11.9. The summed E-state index contributed by atoms with van der Waals surface area (Å²) < 4.78 is 5.49. The normalized spacial score (nSPS) is 13.1. The molecule has 2 aromatic rings. The molecule has 2 aromatic carbocycles. The van der Waals surface area contributed by atoms with Crippen LogP contribution in [0.2, 0.25) is 0 Å². The lowest BCUT2D eigenvalue weighted by Gasteiger charge is -2.07. The van der Waals surface area contributed by atoms with Crippen LogP contribution in [0.3, 0.4) is 0 Å². The molecule has 0 radical (unpaired) electrons. The molecule has 0 saturated heterocycles. The molecule has 20 heavy (non-hydrogen) atoms. The predicted molar refractivity (Wildman–Crippen MR) is 75.4 cm³/mol. The molecule has 0 spiro atoms. The van der Waals surface area contributed by atoms with Crippen LogP contribution in [0, 0.1) is 0 Å². The second-order valence-corrected chi connectivity index (χ2v) is 4.82. The number of Topliss-reactive ketones (excluding diaryl/α,β-unsaturated/α-hetero) is 2. The first kappa shape index (κ1) is 12.6. The van der Waals surface area contributed by atoms with Crippen LogP contribution in [0.4, 0.5) is 0 Å². The Hall–Kier alpha value is -2.42. The summed E-state index contributed by atoms with van der Waals surface area (Å²) in [6, 6.07) is 14.5. The van der Waals surface area contributed by atoms with Crippen molar-refractivity contribution in [3.05, 3.63) is 65.2 Å². The van der Waals surface area contributed by atoms with Gasteiger partial charge in [-0.05, 0) is 24.1 Å². The first-order valence-electron chi connectivity index (χ1n) is 6.61. The van der Waals surface area contributed by atoms with E-state index < -0.39 is 0 Å². The van der Waals surface area contributed by atoms with Crippen molar-refractivity contribution in [1.29, 1.82) is 0 Å². The summed E-state index contributed by atoms with van der Waals surface area (Å²) in [7, 11) is 0. The molecule has 3 heteroatoms. The van der Waals surface area contributed by atoms with E-state index in [4.69, 9.17) is 4.74 Å². The molecule has 0 aliphatic heterocycles. The molecule has 0 heterocycles. The fourth-order valence-electron chi connectivity index (χ4n) is 2.36. The van der Waals surface area contributed by atoms with Crippen LogP contribution in [0.25, 0.3) is 0 Å². The van der Waals surface area contributed by atoms with Gasteiger partial charge < -0.3 is 4.74 Å². The molecule has 0 atom stereocenters. The number of rotatable bonds is 4. The Labute approximate surface area is 117 Å². The van der Waals surface area contributed by atoms with Gasteiger partial charge in [-0.15, -0.1) is 0 Å². The number of carbonyl (C=O) groups excluding carboxylic acids is 2. The van der Waals surface area contributed by atoms with Gasteiger partial charge in [-0.25, -0.2) is 0 Å². The summed E-state index contributed by atoms with van der Waals surface area (Å²) in [6.07, 6.45) is 1.37. The van der Waals surface area contributed by atoms with E-state index >= 15 is 0 Å². The average molecular weight is 266 g/mol. The van der Waals surface area contributed by atoms with Crippen LogP contribution in [0.1, 0.15) is 32.7 Å². The largest absolute Gasteiger partial charge is 0.485 e. The van der Waals surface area contributed by atoms with Crippen LogP contribution in [-0.4, -0.2) is 18.2 Å². The number of carbonyl (C=O) groups is 2. The third kappa shape index (κ3) is 2.48. The van der Waals surface area contributed by atoms with Crippen LogP contribution in [0.15, 0.2) is 48.5 Å². The maximum Gasteiger partial charge on any atom is 0.200 e. The Morgan fingerprint density at radius 2 is 1.85 bits per heavy atom. The van der Waals surface area contributed by atoms with E-state index in [9.17, 15) is 9.59 Å². The van der Waals surface area contributed by atoms with Gasteiger partial charge in [-0.2, -0.15) is 0 Å². The quantitative estimate of drug-likeness (QED) is 0.799. The number of ketones is 2. The highest BCUT2D eigenvalue weighted by Crippen LogP contribution is 2.26. The Balaban J connectivity index is 1.69. The van der Waals surface area contributed by atoms with Crippen molar-refractivity contribution < 1.29 is 14.3 Å². The summed E-state index contributed by atoms with van der Waals surface area (Å²) in [5.41, 5.74) is 2.43. The van der Waals surface area contributed by atoms with Crippen LogP contribution in [-0.2, 0) is 6.42 Å². The zero-order valence-electron chi connectivity index (χ0n) is 11.0. The molecule has 0 aromatic heterocycles. The number of hydrogen-bond donors (Lipinski definition) is 0. The molecule has 3 nitrogen and oxygen atoms in total. The van der Waals surface area contributed by atoms with E-state index in [1.807, 2.05) is 30.3 Å². The summed E-state index contributed by atoms with van der Waals surface area (Å²) in [6.45, 7) is -0.0169. The van der Waals surface area contributed by atoms with Gasteiger partial charge in [0.2, 0.25) is 0 Å². The SMILES string of the molecule is O=C(COc1ccc2c(c1)C(=O)CC2)c1ccccc1. The topological polar surface area (TPSA) is 43.4 Å². The van der Waals surface area contributed by atoms with Gasteiger partial charge in [0, 0.05) is 17.5 Å². The van der Waals surface area contributed by atoms with E-state index in [1.165, 1.54) is 0 Å². The minimum Gasteiger partial charge on any atom is -0.485 e. The summed E-state index contributed by atoms with van der Waals surface area (Å²) in [4.78, 5) is 23.6. The van der Waals surface area contributed by atoms with Crippen LogP contribution in [0.5, 0.6) is 5.75 Å². The number of ether oxygens (including phenoxy) is 1. The van der Waals surface area contributed by atoms with E-state index in [1.54, 1.807) is 18.2 Å². The summed E-state index contributed by atoms with van der Waals surface area (Å²) in [5.74, 6) is 0.653. The second-order valence-electron chi connectivity index (χ2n) is 4.82. The van der Waals surface area contributed by atoms with E-state index in [-0.39, 0.29) is 18.2 Å². The molecular weight excluding hydrogens is 252 g/mol. The fourth-order valence-corrected chi connectivity index (χ4v) is 2.36. The Bertz CT molecular complexity index is 659. The van der Waals surface area contributed by atoms with Crippen molar-refractivity contribution in [3.63, 3.8) is 0 Å². The Morgan fingerprint density at radius 1 is 1.05 bits per heavy atom. The molecule has 0 unspecified atom stereocenters. The summed E-state index contributed by atoms with van der Waals surface area (Å²) >= 11 is 0. The molecular formula is C17H14O3. The lowest BCUT2D eigenvalue weighted by Crippen LogP contribution is -2.11. The number of fused-ring (bicyclic) bond motifs is 1. The zero-order chi connectivity index (χ0) is 13.9. The van der Waals surface area contributed by atoms with Gasteiger partial charge in [0.1, 0.15) is 5.75 Å². The monoisotopic (exact) mass is 266 g/mol. The van der Waals surface area contributed by atoms with Crippen LogP contribution < -0.4 is 4.74 Å². The Morgan fingerprint density at radius 3 is 2.65 bits per heavy atom. The summed E-state index contributed by atoms with van der Waals surface area (Å²) in [5, 5.41) is 0. The fraction of sp³-hybridized carbons (Fsp3) is 0.176. The Kier molecular flexibility index (Phi) is 3.33. The smallest absolute Gasteiger partial charge is 0.200 e. The minimum absolute atomic E-state index is 0.0169. The van der Waals surface area contributed by atoms with Gasteiger partial charge in [-0.3, -0.25) is 9.59 Å². The van der Waals surface area contributed by atoms with Crippen molar-refractivity contribution in [2.75, 3.05) is 6.61 Å². The molecule has 0 amide bonds. The molecule has 1 aliphatic carbocycles. The van der Waals surface area contributed by atoms with Gasteiger partial charge in [0.25, 0.3) is 0 Å². The number of hydrogen-bond acceptors (Lipinski definition) is 3. The highest BCUT2D eigenvalue weighted by Gasteiger charge is 2.19. The van der Waals surface area contributed by atoms with Gasteiger partial charge in [-0.1, -0.05) is 36.4 Å². The average Bonchev–Trinajstić information content (AvgIpc) is 2.87. The van der Waals surface area contributed by atoms with E-state index in [0.29, 0.717) is 17.7 Å². The van der Waals surface area contributed by atoms with Crippen molar-refractivity contribution in [1.82, 2.24) is 0 Å². The standard InChI is InChI=1S/C17H14O3/c18-16-9-7-12-6-8-14(10-15(12)16)20-11-17(19)13-4-2-1-3-5-13/h1-6,8,10H,7,9,11H2. The highest BCUT2D eigenvalue weighted by atomic mass is 16.5. The first-order chi connectivity index (χ1) is 9.74. The molecule has 0 N–H and O–H groups in total. The zero-order valence-corrected chi connectivity index (χ0v) is 11.0. The third-order valence-electron chi connectivity index (χ3n) is 3.47. The van der Waals surface area contributed by atoms with E-state index in [0.717, 1.165) is 17.5 Å². The second kappa shape index (κ2) is 5.29. The molecule has 0 saturated carbocycles. The molecule has 1 aliphatic rings.